The van der Waals surface area contributed by atoms with Gasteiger partial charge in [0.05, 0.1) is 6.61 Å². The van der Waals surface area contributed by atoms with Crippen molar-refractivity contribution in [3.63, 3.8) is 0 Å². The molecule has 2 rings (SSSR count). The summed E-state index contributed by atoms with van der Waals surface area (Å²) in [7, 11) is 0. The van der Waals surface area contributed by atoms with Crippen LogP contribution in [0, 0.1) is 6.92 Å². The molecule has 0 unspecified atom stereocenters. The summed E-state index contributed by atoms with van der Waals surface area (Å²) in [5.74, 6) is 0.720. The van der Waals surface area contributed by atoms with Crippen molar-refractivity contribution in [2.75, 3.05) is 6.61 Å². The number of carbonyl (C=O) groups excluding carboxylic acids is 1. The van der Waals surface area contributed by atoms with Gasteiger partial charge < -0.3 is 4.52 Å². The van der Waals surface area contributed by atoms with Crippen molar-refractivity contribution in [3.8, 4) is 11.5 Å². The van der Waals surface area contributed by atoms with E-state index in [1.165, 1.54) is 0 Å². The lowest BCUT2D eigenvalue weighted by Gasteiger charge is -2.03. The zero-order valence-corrected chi connectivity index (χ0v) is 10.1. The van der Waals surface area contributed by atoms with Crippen molar-refractivity contribution >= 4 is 5.91 Å². The first kappa shape index (κ1) is 12.3. The standard InChI is InChI=1S/C12H13N3O3/c1-3-17-15-11(16)9-4-6-10(7-5-9)12-13-8(2)14-18-12/h4-7H,3H2,1-2H3,(H,15,16). The Morgan fingerprint density at radius 1 is 1.39 bits per heavy atom. The van der Waals surface area contributed by atoms with E-state index in [-0.39, 0.29) is 5.91 Å². The Hall–Kier alpha value is -2.21. The minimum Gasteiger partial charge on any atom is -0.334 e. The molecule has 1 amide bonds. The number of hydrogen-bond acceptors (Lipinski definition) is 5. The second-order valence-corrected chi connectivity index (χ2v) is 3.59. The zero-order chi connectivity index (χ0) is 13.0. The summed E-state index contributed by atoms with van der Waals surface area (Å²) in [6.07, 6.45) is 0. The van der Waals surface area contributed by atoms with E-state index in [0.717, 1.165) is 5.56 Å². The van der Waals surface area contributed by atoms with Crippen LogP contribution in [0.2, 0.25) is 0 Å². The smallest absolute Gasteiger partial charge is 0.274 e. The van der Waals surface area contributed by atoms with E-state index in [0.29, 0.717) is 23.9 Å². The number of hydroxylamine groups is 1. The van der Waals surface area contributed by atoms with Crippen LogP contribution in [0.3, 0.4) is 0 Å². The van der Waals surface area contributed by atoms with Gasteiger partial charge >= 0.3 is 0 Å². The Morgan fingerprint density at radius 2 is 2.11 bits per heavy atom. The highest BCUT2D eigenvalue weighted by Gasteiger charge is 2.08. The van der Waals surface area contributed by atoms with Crippen molar-refractivity contribution in [2.45, 2.75) is 13.8 Å². The Morgan fingerprint density at radius 3 is 2.67 bits per heavy atom. The first-order valence-electron chi connectivity index (χ1n) is 5.53. The maximum Gasteiger partial charge on any atom is 0.274 e. The molecule has 1 aromatic carbocycles. The Labute approximate surface area is 104 Å². The monoisotopic (exact) mass is 247 g/mol. The summed E-state index contributed by atoms with van der Waals surface area (Å²) in [5, 5.41) is 3.71. The van der Waals surface area contributed by atoms with Gasteiger partial charge in [-0.2, -0.15) is 4.98 Å². The lowest BCUT2D eigenvalue weighted by atomic mass is 10.1. The first-order chi connectivity index (χ1) is 8.70. The fourth-order valence-electron chi connectivity index (χ4n) is 1.38. The highest BCUT2D eigenvalue weighted by molar-refractivity contribution is 5.93. The molecule has 0 atom stereocenters. The molecule has 1 heterocycles. The van der Waals surface area contributed by atoms with E-state index in [9.17, 15) is 4.79 Å². The molecule has 94 valence electrons. The fraction of sp³-hybridized carbons (Fsp3) is 0.250. The van der Waals surface area contributed by atoms with Crippen molar-refractivity contribution < 1.29 is 14.2 Å². The molecule has 0 bridgehead atoms. The minimum atomic E-state index is -0.287. The molecule has 0 aliphatic rings. The van der Waals surface area contributed by atoms with Gasteiger partial charge in [0.15, 0.2) is 5.82 Å². The number of rotatable bonds is 4. The molecule has 2 aromatic rings. The van der Waals surface area contributed by atoms with Gasteiger partial charge in [-0.25, -0.2) is 5.48 Å². The molecule has 1 aromatic heterocycles. The van der Waals surface area contributed by atoms with Crippen LogP contribution in [0.1, 0.15) is 23.1 Å². The maximum atomic E-state index is 11.6. The predicted octanol–water partition coefficient (Wildman–Crippen LogP) is 1.73. The SMILES string of the molecule is CCONC(=O)c1ccc(-c2nc(C)no2)cc1. The van der Waals surface area contributed by atoms with Crippen molar-refractivity contribution in [3.05, 3.63) is 35.7 Å². The van der Waals surface area contributed by atoms with Gasteiger partial charge in [-0.1, -0.05) is 5.16 Å². The second kappa shape index (κ2) is 5.42. The van der Waals surface area contributed by atoms with Gasteiger partial charge in [0.25, 0.3) is 11.8 Å². The van der Waals surface area contributed by atoms with E-state index in [2.05, 4.69) is 15.6 Å². The van der Waals surface area contributed by atoms with E-state index in [4.69, 9.17) is 9.36 Å². The van der Waals surface area contributed by atoms with Gasteiger partial charge in [0.1, 0.15) is 0 Å². The molecule has 18 heavy (non-hydrogen) atoms. The number of nitrogens with one attached hydrogen (secondary N) is 1. The molecule has 0 radical (unpaired) electrons. The highest BCUT2D eigenvalue weighted by Crippen LogP contribution is 2.17. The predicted molar refractivity (Wildman–Crippen MR) is 63.6 cm³/mol. The normalized spacial score (nSPS) is 10.3. The average molecular weight is 247 g/mol. The molecule has 0 aliphatic heterocycles. The first-order valence-corrected chi connectivity index (χ1v) is 5.53. The average Bonchev–Trinajstić information content (AvgIpc) is 2.83. The molecule has 0 fully saturated rings. The van der Waals surface area contributed by atoms with Crippen LogP contribution >= 0.6 is 0 Å². The summed E-state index contributed by atoms with van der Waals surface area (Å²) < 4.78 is 5.03. The minimum absolute atomic E-state index is 0.287. The van der Waals surface area contributed by atoms with Crippen LogP contribution in [-0.4, -0.2) is 22.7 Å². The topological polar surface area (TPSA) is 77.2 Å². The van der Waals surface area contributed by atoms with E-state index < -0.39 is 0 Å². The van der Waals surface area contributed by atoms with Gasteiger partial charge in [-0.3, -0.25) is 9.63 Å². The van der Waals surface area contributed by atoms with Crippen LogP contribution in [-0.2, 0) is 4.84 Å². The number of carbonyl (C=O) groups is 1. The number of aryl methyl sites for hydroxylation is 1. The van der Waals surface area contributed by atoms with Gasteiger partial charge in [0, 0.05) is 11.1 Å². The third-order valence-corrected chi connectivity index (χ3v) is 2.23. The van der Waals surface area contributed by atoms with Crippen molar-refractivity contribution in [2.24, 2.45) is 0 Å². The molecule has 0 saturated carbocycles. The Bertz CT molecular complexity index is 534. The molecular formula is C12H13N3O3. The van der Waals surface area contributed by atoms with E-state index in [1.54, 1.807) is 38.1 Å². The summed E-state index contributed by atoms with van der Waals surface area (Å²) in [6.45, 7) is 3.96. The number of benzene rings is 1. The van der Waals surface area contributed by atoms with Crippen LogP contribution in [0.4, 0.5) is 0 Å². The molecule has 0 aliphatic carbocycles. The van der Waals surface area contributed by atoms with Gasteiger partial charge in [-0.15, -0.1) is 0 Å². The van der Waals surface area contributed by atoms with Crippen LogP contribution in [0.25, 0.3) is 11.5 Å². The molecule has 6 nitrogen and oxygen atoms in total. The fourth-order valence-corrected chi connectivity index (χ4v) is 1.38. The highest BCUT2D eigenvalue weighted by atomic mass is 16.6. The lowest BCUT2D eigenvalue weighted by molar-refractivity contribution is 0.0364. The van der Waals surface area contributed by atoms with Crippen molar-refractivity contribution in [1.29, 1.82) is 0 Å². The Kier molecular flexibility index (Phi) is 3.69. The third-order valence-electron chi connectivity index (χ3n) is 2.23. The van der Waals surface area contributed by atoms with Crippen LogP contribution in [0.5, 0.6) is 0 Å². The van der Waals surface area contributed by atoms with E-state index >= 15 is 0 Å². The second-order valence-electron chi connectivity index (χ2n) is 3.59. The molecule has 0 spiro atoms. The summed E-state index contributed by atoms with van der Waals surface area (Å²) in [4.78, 5) is 20.5. The van der Waals surface area contributed by atoms with Crippen LogP contribution in [0.15, 0.2) is 28.8 Å². The van der Waals surface area contributed by atoms with E-state index in [1.807, 2.05) is 0 Å². The molecule has 1 N–H and O–H groups in total. The zero-order valence-electron chi connectivity index (χ0n) is 10.1. The summed E-state index contributed by atoms with van der Waals surface area (Å²) >= 11 is 0. The van der Waals surface area contributed by atoms with Crippen molar-refractivity contribution in [1.82, 2.24) is 15.6 Å². The largest absolute Gasteiger partial charge is 0.334 e. The number of amides is 1. The maximum absolute atomic E-state index is 11.6. The van der Waals surface area contributed by atoms with Gasteiger partial charge in [-0.05, 0) is 38.1 Å². The molecule has 0 saturated heterocycles. The summed E-state index contributed by atoms with van der Waals surface area (Å²) in [6, 6.07) is 6.83. The van der Waals surface area contributed by atoms with Crippen LogP contribution < -0.4 is 5.48 Å². The summed E-state index contributed by atoms with van der Waals surface area (Å²) in [5.41, 5.74) is 3.59. The molecular weight excluding hydrogens is 234 g/mol. The number of aromatic nitrogens is 2. The Balaban J connectivity index is 2.12. The molecule has 6 heteroatoms. The number of nitrogens with zero attached hydrogens (tertiary/aromatic N) is 2. The van der Waals surface area contributed by atoms with Gasteiger partial charge in [0.2, 0.25) is 0 Å². The lowest BCUT2D eigenvalue weighted by Crippen LogP contribution is -2.23. The quantitative estimate of drug-likeness (QED) is 0.832. The number of hydrogen-bond donors (Lipinski definition) is 1. The third kappa shape index (κ3) is 2.72.